The average Bonchev–Trinajstić information content (AvgIpc) is 3.22. The number of carbonyl (C=O) groups is 3. The Morgan fingerprint density at radius 1 is 1.05 bits per heavy atom. The van der Waals surface area contributed by atoms with Crippen LogP contribution in [0.2, 0.25) is 0 Å². The number of likely N-dealkylation sites (tertiary alicyclic amines) is 1. The van der Waals surface area contributed by atoms with Crippen LogP contribution in [0, 0.1) is 5.41 Å². The monoisotopic (exact) mass is 536 g/mol. The molecule has 9 heteroatoms. The molecule has 5 rings (SSSR count). The van der Waals surface area contributed by atoms with Crippen LogP contribution in [-0.4, -0.2) is 75.2 Å². The highest BCUT2D eigenvalue weighted by Crippen LogP contribution is 2.45. The van der Waals surface area contributed by atoms with E-state index in [1.807, 2.05) is 83.1 Å². The van der Waals surface area contributed by atoms with Gasteiger partial charge in [-0.2, -0.15) is 0 Å². The van der Waals surface area contributed by atoms with Crippen molar-refractivity contribution >= 4 is 35.3 Å². The number of anilines is 1. The van der Waals surface area contributed by atoms with E-state index >= 15 is 0 Å². The summed E-state index contributed by atoms with van der Waals surface area (Å²) in [6.45, 7) is 6.00. The van der Waals surface area contributed by atoms with E-state index in [0.29, 0.717) is 26.2 Å². The molecule has 2 aromatic rings. The van der Waals surface area contributed by atoms with Gasteiger partial charge in [0.05, 0.1) is 5.25 Å². The smallest absolute Gasteiger partial charge is 0.322 e. The third-order valence-electron chi connectivity index (χ3n) is 7.72. The van der Waals surface area contributed by atoms with Gasteiger partial charge in [-0.3, -0.25) is 9.59 Å². The first-order valence-electron chi connectivity index (χ1n) is 13.3. The van der Waals surface area contributed by atoms with Crippen molar-refractivity contribution < 1.29 is 19.5 Å². The maximum absolute atomic E-state index is 13.5. The number of fused-ring (bicyclic) bond motifs is 1. The first-order valence-corrected chi connectivity index (χ1v) is 14.2. The number of hydrogen-bond donors (Lipinski definition) is 2. The van der Waals surface area contributed by atoms with Gasteiger partial charge in [-0.1, -0.05) is 62.4 Å². The van der Waals surface area contributed by atoms with Crippen molar-refractivity contribution in [2.75, 3.05) is 31.6 Å². The summed E-state index contributed by atoms with van der Waals surface area (Å²) in [6, 6.07) is 17.7. The Balaban J connectivity index is 1.20. The van der Waals surface area contributed by atoms with Crippen molar-refractivity contribution in [2.45, 2.75) is 56.3 Å². The Hall–Kier alpha value is -3.04. The van der Waals surface area contributed by atoms with Crippen molar-refractivity contribution in [2.24, 2.45) is 5.41 Å². The van der Waals surface area contributed by atoms with E-state index in [-0.39, 0.29) is 42.3 Å². The predicted molar refractivity (Wildman–Crippen MR) is 148 cm³/mol. The number of nitrogens with one attached hydrogen (secondary N) is 1. The van der Waals surface area contributed by atoms with Crippen LogP contribution in [0.3, 0.4) is 0 Å². The molecule has 0 aromatic heterocycles. The number of benzene rings is 2. The topological polar surface area (TPSA) is 93.2 Å². The molecular weight excluding hydrogens is 500 g/mol. The van der Waals surface area contributed by atoms with Gasteiger partial charge in [0.2, 0.25) is 11.8 Å². The summed E-state index contributed by atoms with van der Waals surface area (Å²) < 4.78 is 0. The molecule has 0 spiro atoms. The molecule has 2 fully saturated rings. The highest BCUT2D eigenvalue weighted by atomic mass is 32.2. The number of aliphatic hydroxyl groups is 1. The summed E-state index contributed by atoms with van der Waals surface area (Å²) in [5.41, 5.74) is 2.55. The number of amides is 4. The maximum atomic E-state index is 13.5. The largest absolute Gasteiger partial charge is 0.396 e. The van der Waals surface area contributed by atoms with E-state index in [2.05, 4.69) is 5.32 Å². The summed E-state index contributed by atoms with van der Waals surface area (Å²) in [5.74, 6) is -0.0601. The summed E-state index contributed by atoms with van der Waals surface area (Å²) in [6.07, 6.45) is 1.60. The Labute approximate surface area is 228 Å². The minimum absolute atomic E-state index is 0.0159. The fourth-order valence-corrected chi connectivity index (χ4v) is 6.94. The molecule has 0 saturated carbocycles. The van der Waals surface area contributed by atoms with Crippen LogP contribution in [0.25, 0.3) is 0 Å². The SMILES string of the molecule is CC(C)(CO)CN1C(=O)C(CC(=O)N2CCC(N3Cc4ccccc4NC3=O)CC2)SC1c1ccccc1. The number of rotatable bonds is 7. The van der Waals surface area contributed by atoms with Crippen molar-refractivity contribution in [3.05, 3.63) is 65.7 Å². The number of nitrogens with zero attached hydrogens (tertiary/aromatic N) is 3. The van der Waals surface area contributed by atoms with Crippen LogP contribution < -0.4 is 5.32 Å². The Kier molecular flexibility index (Phi) is 7.68. The molecule has 8 nitrogen and oxygen atoms in total. The van der Waals surface area contributed by atoms with Gasteiger partial charge in [0.25, 0.3) is 0 Å². The van der Waals surface area contributed by atoms with Gasteiger partial charge in [-0.25, -0.2) is 4.79 Å². The van der Waals surface area contributed by atoms with Crippen molar-refractivity contribution in [1.82, 2.24) is 14.7 Å². The Morgan fingerprint density at radius 3 is 2.45 bits per heavy atom. The molecule has 2 saturated heterocycles. The zero-order valence-electron chi connectivity index (χ0n) is 22.0. The molecule has 0 radical (unpaired) electrons. The fraction of sp³-hybridized carbons (Fsp3) is 0.483. The molecule has 4 amide bonds. The Bertz CT molecular complexity index is 1180. The lowest BCUT2D eigenvalue weighted by Gasteiger charge is -2.40. The molecule has 202 valence electrons. The van der Waals surface area contributed by atoms with Gasteiger partial charge in [0.1, 0.15) is 5.37 Å². The van der Waals surface area contributed by atoms with E-state index in [4.69, 9.17) is 0 Å². The third kappa shape index (κ3) is 5.54. The van der Waals surface area contributed by atoms with Gasteiger partial charge in [0, 0.05) is 56.4 Å². The molecule has 3 aliphatic heterocycles. The van der Waals surface area contributed by atoms with E-state index < -0.39 is 10.7 Å². The highest BCUT2D eigenvalue weighted by molar-refractivity contribution is 8.01. The second-order valence-corrected chi connectivity index (χ2v) is 12.5. The van der Waals surface area contributed by atoms with Crippen LogP contribution in [0.15, 0.2) is 54.6 Å². The minimum atomic E-state index is -0.454. The average molecular weight is 537 g/mol. The number of piperidine rings is 1. The first-order chi connectivity index (χ1) is 18.3. The summed E-state index contributed by atoms with van der Waals surface area (Å²) in [5, 5.41) is 12.2. The van der Waals surface area contributed by atoms with Crippen molar-refractivity contribution in [1.29, 1.82) is 0 Å². The molecule has 2 aromatic carbocycles. The van der Waals surface area contributed by atoms with E-state index in [1.165, 1.54) is 11.8 Å². The van der Waals surface area contributed by atoms with Crippen LogP contribution in [-0.2, 0) is 16.1 Å². The number of para-hydroxylation sites is 1. The first kappa shape index (κ1) is 26.6. The molecule has 2 N–H and O–H groups in total. The number of hydrogen-bond acceptors (Lipinski definition) is 5. The maximum Gasteiger partial charge on any atom is 0.322 e. The normalized spacial score (nSPS) is 22.4. The second-order valence-electron chi connectivity index (χ2n) is 11.2. The van der Waals surface area contributed by atoms with Crippen molar-refractivity contribution in [3.63, 3.8) is 0 Å². The van der Waals surface area contributed by atoms with E-state index in [1.54, 1.807) is 0 Å². The van der Waals surface area contributed by atoms with Crippen LogP contribution in [0.5, 0.6) is 0 Å². The van der Waals surface area contributed by atoms with Crippen LogP contribution in [0.4, 0.5) is 10.5 Å². The van der Waals surface area contributed by atoms with Crippen molar-refractivity contribution in [3.8, 4) is 0 Å². The van der Waals surface area contributed by atoms with Gasteiger partial charge in [-0.15, -0.1) is 11.8 Å². The van der Waals surface area contributed by atoms with Crippen LogP contribution >= 0.6 is 11.8 Å². The highest BCUT2D eigenvalue weighted by Gasteiger charge is 2.44. The number of thioether (sulfide) groups is 1. The standard InChI is InChI=1S/C29H36N4O4S/c1-29(2,19-34)18-33-26(36)24(38-27(33)20-8-4-3-5-9-20)16-25(35)31-14-12-22(13-15-31)32-17-21-10-6-7-11-23(21)30-28(32)37/h3-11,22,24,27,34H,12-19H2,1-2H3,(H,30,37). The molecule has 2 atom stereocenters. The molecule has 0 bridgehead atoms. The van der Waals surface area contributed by atoms with E-state index in [0.717, 1.165) is 29.7 Å². The summed E-state index contributed by atoms with van der Waals surface area (Å²) in [7, 11) is 0. The third-order valence-corrected chi connectivity index (χ3v) is 9.21. The van der Waals surface area contributed by atoms with Gasteiger partial charge in [0.15, 0.2) is 0 Å². The molecule has 3 heterocycles. The summed E-state index contributed by atoms with van der Waals surface area (Å²) >= 11 is 1.53. The second kappa shape index (κ2) is 11.0. The molecule has 3 aliphatic rings. The Morgan fingerprint density at radius 2 is 1.74 bits per heavy atom. The number of urea groups is 1. The van der Waals surface area contributed by atoms with Gasteiger partial charge < -0.3 is 25.1 Å². The predicted octanol–water partition coefficient (Wildman–Crippen LogP) is 4.08. The molecule has 2 unspecified atom stereocenters. The van der Waals surface area contributed by atoms with E-state index in [9.17, 15) is 19.5 Å². The van der Waals surface area contributed by atoms with Gasteiger partial charge in [-0.05, 0) is 30.0 Å². The van der Waals surface area contributed by atoms with Crippen LogP contribution in [0.1, 0.15) is 49.6 Å². The zero-order valence-corrected chi connectivity index (χ0v) is 22.8. The molecule has 0 aliphatic carbocycles. The summed E-state index contributed by atoms with van der Waals surface area (Å²) in [4.78, 5) is 45.1. The zero-order chi connectivity index (χ0) is 26.9. The lowest BCUT2D eigenvalue weighted by Crippen LogP contribution is -2.51. The fourth-order valence-electron chi connectivity index (χ4n) is 5.50. The molecular formula is C29H36N4O4S. The minimum Gasteiger partial charge on any atom is -0.396 e. The number of aliphatic hydroxyl groups excluding tert-OH is 1. The number of carbonyl (C=O) groups excluding carboxylic acids is 3. The molecule has 38 heavy (non-hydrogen) atoms. The lowest BCUT2D eigenvalue weighted by molar-refractivity contribution is -0.137. The van der Waals surface area contributed by atoms with Gasteiger partial charge >= 0.3 is 6.03 Å². The quantitative estimate of drug-likeness (QED) is 0.556. The lowest BCUT2D eigenvalue weighted by atomic mass is 9.93.